The summed E-state index contributed by atoms with van der Waals surface area (Å²) < 4.78 is 0. The lowest BCUT2D eigenvalue weighted by Gasteiger charge is -2.36. The molecule has 0 aliphatic carbocycles. The van der Waals surface area contributed by atoms with Crippen LogP contribution in [0.1, 0.15) is 69.0 Å². The Labute approximate surface area is 173 Å². The molecule has 0 spiro atoms. The van der Waals surface area contributed by atoms with Gasteiger partial charge in [0, 0.05) is 57.2 Å². The number of nitrogens with zero attached hydrogens (tertiary/aromatic N) is 5. The molecule has 7 nitrogen and oxygen atoms in total. The maximum absolute atomic E-state index is 13.0. The van der Waals surface area contributed by atoms with Crippen LogP contribution in [0.25, 0.3) is 0 Å². The van der Waals surface area contributed by atoms with Crippen LogP contribution in [0, 0.1) is 0 Å². The molecule has 2 saturated heterocycles. The maximum atomic E-state index is 13.0. The highest BCUT2D eigenvalue weighted by Crippen LogP contribution is 2.27. The predicted octanol–water partition coefficient (Wildman–Crippen LogP) is 1.96. The minimum atomic E-state index is -0.0446. The zero-order valence-corrected chi connectivity index (χ0v) is 17.8. The van der Waals surface area contributed by atoms with E-state index in [2.05, 4.69) is 9.88 Å². The molecule has 2 amide bonds. The molecule has 0 bridgehead atoms. The molecule has 4 rings (SSSR count). The fourth-order valence-electron chi connectivity index (χ4n) is 4.92. The monoisotopic (exact) mass is 399 g/mol. The van der Waals surface area contributed by atoms with E-state index in [0.29, 0.717) is 13.1 Å². The van der Waals surface area contributed by atoms with Crippen molar-refractivity contribution in [3.63, 3.8) is 0 Å². The Morgan fingerprint density at radius 2 is 1.86 bits per heavy atom. The predicted molar refractivity (Wildman–Crippen MR) is 110 cm³/mol. The van der Waals surface area contributed by atoms with Crippen LogP contribution in [0.3, 0.4) is 0 Å². The number of likely N-dealkylation sites (tertiary alicyclic amines) is 2. The van der Waals surface area contributed by atoms with Gasteiger partial charge in [-0.1, -0.05) is 6.42 Å². The van der Waals surface area contributed by atoms with E-state index in [1.807, 2.05) is 22.9 Å². The topological polar surface area (TPSA) is 69.6 Å². The molecule has 29 heavy (non-hydrogen) atoms. The second kappa shape index (κ2) is 8.78. The van der Waals surface area contributed by atoms with Crippen LogP contribution in [-0.4, -0.2) is 75.2 Å². The Morgan fingerprint density at radius 3 is 2.62 bits per heavy atom. The molecule has 158 valence electrons. The highest BCUT2D eigenvalue weighted by molar-refractivity contribution is 5.81. The van der Waals surface area contributed by atoms with Gasteiger partial charge in [0.05, 0.1) is 11.7 Å². The molecule has 2 atom stereocenters. The van der Waals surface area contributed by atoms with Gasteiger partial charge in [-0.3, -0.25) is 14.5 Å². The van der Waals surface area contributed by atoms with Crippen LogP contribution >= 0.6 is 0 Å². The van der Waals surface area contributed by atoms with E-state index >= 15 is 0 Å². The van der Waals surface area contributed by atoms with E-state index in [1.165, 1.54) is 19.3 Å². The summed E-state index contributed by atoms with van der Waals surface area (Å²) in [5.41, 5.74) is 2.14. The lowest BCUT2D eigenvalue weighted by molar-refractivity contribution is -0.137. The second-order valence-electron chi connectivity index (χ2n) is 8.79. The summed E-state index contributed by atoms with van der Waals surface area (Å²) in [5, 5.41) is 0. The molecule has 4 heterocycles. The molecule has 0 radical (unpaired) electrons. The van der Waals surface area contributed by atoms with Crippen molar-refractivity contribution < 1.29 is 9.59 Å². The van der Waals surface area contributed by atoms with Gasteiger partial charge < -0.3 is 9.80 Å². The van der Waals surface area contributed by atoms with E-state index in [-0.39, 0.29) is 23.8 Å². The van der Waals surface area contributed by atoms with E-state index < -0.39 is 0 Å². The number of rotatable bonds is 3. The molecule has 2 fully saturated rings. The Balaban J connectivity index is 1.41. The first kappa shape index (κ1) is 20.3. The lowest BCUT2D eigenvalue weighted by Crippen LogP contribution is -2.50. The Hall–Kier alpha value is -2.02. The summed E-state index contributed by atoms with van der Waals surface area (Å²) in [4.78, 5) is 40.5. The van der Waals surface area contributed by atoms with Gasteiger partial charge in [0.1, 0.15) is 5.82 Å². The highest BCUT2D eigenvalue weighted by atomic mass is 16.2. The lowest BCUT2D eigenvalue weighted by atomic mass is 9.96. The number of piperidine rings is 2. The highest BCUT2D eigenvalue weighted by Gasteiger charge is 2.31. The summed E-state index contributed by atoms with van der Waals surface area (Å²) in [7, 11) is 0. The van der Waals surface area contributed by atoms with E-state index in [4.69, 9.17) is 4.98 Å². The molecule has 1 aromatic rings. The minimum Gasteiger partial charge on any atom is -0.342 e. The number of aromatic nitrogens is 2. The average molecular weight is 400 g/mol. The molecule has 0 aromatic carbocycles. The molecular formula is C22H33N5O2. The van der Waals surface area contributed by atoms with Crippen molar-refractivity contribution in [1.29, 1.82) is 0 Å². The van der Waals surface area contributed by atoms with Crippen LogP contribution in [0.5, 0.6) is 0 Å². The van der Waals surface area contributed by atoms with E-state index in [9.17, 15) is 9.59 Å². The molecule has 3 aliphatic rings. The summed E-state index contributed by atoms with van der Waals surface area (Å²) in [5.74, 6) is 1.43. The third-order valence-corrected chi connectivity index (χ3v) is 6.79. The fraction of sp³-hybridized carbons (Fsp3) is 0.727. The van der Waals surface area contributed by atoms with Crippen LogP contribution in [-0.2, 0) is 22.6 Å². The Bertz CT molecular complexity index is 762. The van der Waals surface area contributed by atoms with Crippen LogP contribution in [0.4, 0.5) is 0 Å². The fourth-order valence-corrected chi connectivity index (χ4v) is 4.92. The zero-order valence-electron chi connectivity index (χ0n) is 17.8. The average Bonchev–Trinajstić information content (AvgIpc) is 2.78. The van der Waals surface area contributed by atoms with Crippen molar-refractivity contribution in [3.05, 3.63) is 23.3 Å². The van der Waals surface area contributed by atoms with Crippen molar-refractivity contribution in [2.75, 3.05) is 32.7 Å². The first-order valence-corrected chi connectivity index (χ1v) is 11.2. The van der Waals surface area contributed by atoms with Gasteiger partial charge in [0.25, 0.3) is 0 Å². The second-order valence-corrected chi connectivity index (χ2v) is 8.79. The molecule has 0 N–H and O–H groups in total. The molecule has 7 heteroatoms. The summed E-state index contributed by atoms with van der Waals surface area (Å²) in [6, 6.07) is -0.0446. The maximum Gasteiger partial charge on any atom is 0.239 e. The Morgan fingerprint density at radius 1 is 1.07 bits per heavy atom. The largest absolute Gasteiger partial charge is 0.342 e. The summed E-state index contributed by atoms with van der Waals surface area (Å²) in [6.45, 7) is 8.63. The summed E-state index contributed by atoms with van der Waals surface area (Å²) in [6.07, 6.45) is 8.39. The van der Waals surface area contributed by atoms with Gasteiger partial charge in [-0.25, -0.2) is 9.97 Å². The van der Waals surface area contributed by atoms with Gasteiger partial charge in [0.2, 0.25) is 11.8 Å². The SMILES string of the molecule is CC(=O)N1CCC[C@@H](c2ncc3c(n2)CCN(C(=O)[C@H](C)N2CCCCC2)C3)C1. The van der Waals surface area contributed by atoms with Crippen molar-refractivity contribution in [2.45, 2.75) is 70.9 Å². The quantitative estimate of drug-likeness (QED) is 0.777. The first-order chi connectivity index (χ1) is 14.0. The number of hydrogen-bond acceptors (Lipinski definition) is 5. The molecule has 1 aromatic heterocycles. The number of carbonyl (C=O) groups is 2. The molecular weight excluding hydrogens is 366 g/mol. The standard InChI is InChI=1S/C22H33N5O2/c1-16(25-9-4-3-5-10-25)22(29)27-12-8-20-19(15-27)13-23-21(24-20)18-7-6-11-26(14-18)17(2)28/h13,16,18H,3-12,14-15H2,1-2H3/t16-,18+/m0/s1. The Kier molecular flexibility index (Phi) is 6.13. The summed E-state index contributed by atoms with van der Waals surface area (Å²) >= 11 is 0. The first-order valence-electron chi connectivity index (χ1n) is 11.2. The van der Waals surface area contributed by atoms with Gasteiger partial charge in [-0.05, 0) is 45.7 Å². The van der Waals surface area contributed by atoms with Crippen LogP contribution in [0.2, 0.25) is 0 Å². The van der Waals surface area contributed by atoms with E-state index in [0.717, 1.165) is 62.5 Å². The van der Waals surface area contributed by atoms with Gasteiger partial charge in [-0.2, -0.15) is 0 Å². The van der Waals surface area contributed by atoms with Crippen LogP contribution < -0.4 is 0 Å². The number of hydrogen-bond donors (Lipinski definition) is 0. The molecule has 3 aliphatic heterocycles. The van der Waals surface area contributed by atoms with Crippen molar-refractivity contribution in [1.82, 2.24) is 24.7 Å². The number of fused-ring (bicyclic) bond motifs is 1. The third-order valence-electron chi connectivity index (χ3n) is 6.79. The smallest absolute Gasteiger partial charge is 0.239 e. The van der Waals surface area contributed by atoms with Gasteiger partial charge in [0.15, 0.2) is 0 Å². The molecule has 0 unspecified atom stereocenters. The normalized spacial score (nSPS) is 24.1. The van der Waals surface area contributed by atoms with Crippen LogP contribution in [0.15, 0.2) is 6.20 Å². The number of amides is 2. The van der Waals surface area contributed by atoms with E-state index in [1.54, 1.807) is 6.92 Å². The van der Waals surface area contributed by atoms with Crippen molar-refractivity contribution in [3.8, 4) is 0 Å². The zero-order chi connectivity index (χ0) is 20.4. The number of carbonyl (C=O) groups excluding carboxylic acids is 2. The van der Waals surface area contributed by atoms with Gasteiger partial charge in [-0.15, -0.1) is 0 Å². The van der Waals surface area contributed by atoms with Crippen molar-refractivity contribution >= 4 is 11.8 Å². The minimum absolute atomic E-state index is 0.0446. The van der Waals surface area contributed by atoms with Crippen molar-refractivity contribution in [2.24, 2.45) is 0 Å². The molecule has 0 saturated carbocycles. The van der Waals surface area contributed by atoms with Gasteiger partial charge >= 0.3 is 0 Å². The third kappa shape index (κ3) is 4.44.